The van der Waals surface area contributed by atoms with Crippen LogP contribution in [0.5, 0.6) is 0 Å². The highest BCUT2D eigenvalue weighted by Gasteiger charge is 2.15. The van der Waals surface area contributed by atoms with Crippen LogP contribution in [0.1, 0.15) is 29.7 Å². The van der Waals surface area contributed by atoms with Crippen LogP contribution < -0.4 is 10.2 Å². The van der Waals surface area contributed by atoms with Crippen molar-refractivity contribution in [2.45, 2.75) is 19.9 Å². The molecule has 27 heavy (non-hydrogen) atoms. The van der Waals surface area contributed by atoms with Gasteiger partial charge >= 0.3 is 6.09 Å². The molecule has 0 saturated carbocycles. The lowest BCUT2D eigenvalue weighted by Gasteiger charge is -2.20. The first-order valence-corrected chi connectivity index (χ1v) is 8.48. The SMILES string of the molecule is COC(=O)N(C)c1ccc(C(C)NC(=O)/C=C/c2cccc(F)c2)cc1C. The standard InChI is InChI=1S/C21H23FN2O3/c1-14-12-17(9-10-19(14)24(3)21(26)27-4)15(2)23-20(25)11-8-16-6-5-7-18(22)13-16/h5-13,15H,1-4H3,(H,23,25)/b11-8+. The van der Waals surface area contributed by atoms with Gasteiger partial charge in [0, 0.05) is 18.8 Å². The Kier molecular flexibility index (Phi) is 6.71. The third-order valence-electron chi connectivity index (χ3n) is 4.17. The Morgan fingerprint density at radius 2 is 1.96 bits per heavy atom. The van der Waals surface area contributed by atoms with Crippen molar-refractivity contribution in [2.24, 2.45) is 0 Å². The van der Waals surface area contributed by atoms with Gasteiger partial charge in [-0.3, -0.25) is 9.69 Å². The smallest absolute Gasteiger partial charge is 0.413 e. The Labute approximate surface area is 158 Å². The Hall–Kier alpha value is -3.15. The molecule has 1 N–H and O–H groups in total. The number of halogens is 1. The maximum absolute atomic E-state index is 13.2. The fourth-order valence-corrected chi connectivity index (χ4v) is 2.69. The van der Waals surface area contributed by atoms with Gasteiger partial charge in [0.25, 0.3) is 0 Å². The van der Waals surface area contributed by atoms with Gasteiger partial charge in [0.2, 0.25) is 5.91 Å². The lowest BCUT2D eigenvalue weighted by atomic mass is 10.0. The molecule has 0 aliphatic rings. The number of benzene rings is 2. The first-order chi connectivity index (χ1) is 12.8. The van der Waals surface area contributed by atoms with Gasteiger partial charge in [-0.05, 0) is 54.8 Å². The molecular weight excluding hydrogens is 347 g/mol. The van der Waals surface area contributed by atoms with Gasteiger partial charge in [0.1, 0.15) is 5.82 Å². The van der Waals surface area contributed by atoms with Crippen molar-refractivity contribution in [1.82, 2.24) is 5.32 Å². The normalized spacial score (nSPS) is 11.9. The molecule has 0 fully saturated rings. The summed E-state index contributed by atoms with van der Waals surface area (Å²) in [7, 11) is 2.97. The van der Waals surface area contributed by atoms with Gasteiger partial charge in [-0.15, -0.1) is 0 Å². The summed E-state index contributed by atoms with van der Waals surface area (Å²) in [5.74, 6) is -0.626. The summed E-state index contributed by atoms with van der Waals surface area (Å²) >= 11 is 0. The molecule has 0 aliphatic carbocycles. The minimum Gasteiger partial charge on any atom is -0.452 e. The maximum Gasteiger partial charge on any atom is 0.413 e. The highest BCUT2D eigenvalue weighted by molar-refractivity contribution is 5.92. The molecule has 2 aromatic carbocycles. The summed E-state index contributed by atoms with van der Waals surface area (Å²) in [5.41, 5.74) is 3.14. The largest absolute Gasteiger partial charge is 0.452 e. The highest BCUT2D eigenvalue weighted by atomic mass is 19.1. The number of hydrogen-bond donors (Lipinski definition) is 1. The van der Waals surface area contributed by atoms with E-state index in [4.69, 9.17) is 4.74 Å². The molecule has 0 bridgehead atoms. The van der Waals surface area contributed by atoms with Crippen molar-refractivity contribution in [3.63, 3.8) is 0 Å². The second-order valence-electron chi connectivity index (χ2n) is 6.19. The molecular formula is C21H23FN2O3. The molecule has 1 atom stereocenters. The molecule has 2 rings (SSSR count). The molecule has 0 aromatic heterocycles. The quantitative estimate of drug-likeness (QED) is 0.802. The zero-order chi connectivity index (χ0) is 20.0. The topological polar surface area (TPSA) is 58.6 Å². The molecule has 2 amide bonds. The number of nitrogens with zero attached hydrogens (tertiary/aromatic N) is 1. The number of hydrogen-bond acceptors (Lipinski definition) is 3. The van der Waals surface area contributed by atoms with E-state index >= 15 is 0 Å². The van der Waals surface area contributed by atoms with Crippen molar-refractivity contribution in [1.29, 1.82) is 0 Å². The minimum atomic E-state index is -0.449. The fourth-order valence-electron chi connectivity index (χ4n) is 2.69. The van der Waals surface area contributed by atoms with Crippen molar-refractivity contribution < 1.29 is 18.7 Å². The predicted octanol–water partition coefficient (Wildman–Crippen LogP) is 4.23. The van der Waals surface area contributed by atoms with E-state index in [0.717, 1.165) is 16.8 Å². The summed E-state index contributed by atoms with van der Waals surface area (Å²) in [5, 5.41) is 2.87. The molecule has 1 unspecified atom stereocenters. The second kappa shape index (κ2) is 8.98. The lowest BCUT2D eigenvalue weighted by Crippen LogP contribution is -2.27. The zero-order valence-electron chi connectivity index (χ0n) is 15.8. The Morgan fingerprint density at radius 1 is 1.22 bits per heavy atom. The summed E-state index contributed by atoms with van der Waals surface area (Å²) < 4.78 is 17.9. The van der Waals surface area contributed by atoms with E-state index in [9.17, 15) is 14.0 Å². The molecule has 5 nitrogen and oxygen atoms in total. The van der Waals surface area contributed by atoms with E-state index in [2.05, 4.69) is 5.32 Å². The van der Waals surface area contributed by atoms with Crippen LogP contribution in [0.4, 0.5) is 14.9 Å². The molecule has 142 valence electrons. The van der Waals surface area contributed by atoms with Crippen LogP contribution in [0.15, 0.2) is 48.5 Å². The summed E-state index contributed by atoms with van der Waals surface area (Å²) in [6.07, 6.45) is 2.48. The van der Waals surface area contributed by atoms with Crippen LogP contribution in [-0.2, 0) is 9.53 Å². The summed E-state index contributed by atoms with van der Waals surface area (Å²) in [6.45, 7) is 3.75. The van der Waals surface area contributed by atoms with E-state index in [0.29, 0.717) is 5.56 Å². The van der Waals surface area contributed by atoms with E-state index in [1.54, 1.807) is 25.3 Å². The zero-order valence-corrected chi connectivity index (χ0v) is 15.8. The van der Waals surface area contributed by atoms with Gasteiger partial charge in [0.05, 0.1) is 13.2 Å². The van der Waals surface area contributed by atoms with Crippen molar-refractivity contribution >= 4 is 23.8 Å². The number of nitrogens with one attached hydrogen (secondary N) is 1. The first kappa shape index (κ1) is 20.2. The van der Waals surface area contributed by atoms with E-state index in [1.165, 1.54) is 30.2 Å². The maximum atomic E-state index is 13.2. The van der Waals surface area contributed by atoms with Crippen LogP contribution in [0.2, 0.25) is 0 Å². The number of aryl methyl sites for hydroxylation is 1. The van der Waals surface area contributed by atoms with Gasteiger partial charge in [0.15, 0.2) is 0 Å². The number of carbonyl (C=O) groups is 2. The molecule has 0 heterocycles. The van der Waals surface area contributed by atoms with Gasteiger partial charge in [-0.25, -0.2) is 9.18 Å². The Morgan fingerprint density at radius 3 is 2.59 bits per heavy atom. The third kappa shape index (κ3) is 5.41. The van der Waals surface area contributed by atoms with Crippen LogP contribution >= 0.6 is 0 Å². The monoisotopic (exact) mass is 370 g/mol. The average Bonchev–Trinajstić information content (AvgIpc) is 2.65. The Balaban J connectivity index is 2.05. The van der Waals surface area contributed by atoms with Crippen LogP contribution in [0, 0.1) is 12.7 Å². The fraction of sp³-hybridized carbons (Fsp3) is 0.238. The van der Waals surface area contributed by atoms with Crippen LogP contribution in [0.3, 0.4) is 0 Å². The number of anilines is 1. The Bertz CT molecular complexity index is 864. The summed E-state index contributed by atoms with van der Waals surface area (Å²) in [4.78, 5) is 25.2. The second-order valence-corrected chi connectivity index (χ2v) is 6.19. The number of methoxy groups -OCH3 is 1. The van der Waals surface area contributed by atoms with Crippen LogP contribution in [0.25, 0.3) is 6.08 Å². The van der Waals surface area contributed by atoms with Crippen molar-refractivity contribution in [3.8, 4) is 0 Å². The third-order valence-corrected chi connectivity index (χ3v) is 4.17. The summed E-state index contributed by atoms with van der Waals surface area (Å²) in [6, 6.07) is 11.4. The lowest BCUT2D eigenvalue weighted by molar-refractivity contribution is -0.117. The van der Waals surface area contributed by atoms with E-state index in [-0.39, 0.29) is 17.8 Å². The van der Waals surface area contributed by atoms with Gasteiger partial charge < -0.3 is 10.1 Å². The predicted molar refractivity (Wildman–Crippen MR) is 104 cm³/mol. The van der Waals surface area contributed by atoms with Crippen LogP contribution in [-0.4, -0.2) is 26.2 Å². The van der Waals surface area contributed by atoms with Gasteiger partial charge in [-0.2, -0.15) is 0 Å². The van der Waals surface area contributed by atoms with Crippen molar-refractivity contribution in [2.75, 3.05) is 19.1 Å². The molecule has 0 saturated heterocycles. The molecule has 0 radical (unpaired) electrons. The molecule has 0 spiro atoms. The van der Waals surface area contributed by atoms with E-state index < -0.39 is 6.09 Å². The van der Waals surface area contributed by atoms with E-state index in [1.807, 2.05) is 32.0 Å². The molecule has 0 aliphatic heterocycles. The molecule has 6 heteroatoms. The minimum absolute atomic E-state index is 0.231. The number of amides is 2. The first-order valence-electron chi connectivity index (χ1n) is 8.48. The number of rotatable bonds is 5. The number of ether oxygens (including phenoxy) is 1. The number of carbonyl (C=O) groups excluding carboxylic acids is 2. The highest BCUT2D eigenvalue weighted by Crippen LogP contribution is 2.24. The van der Waals surface area contributed by atoms with Gasteiger partial charge in [-0.1, -0.05) is 24.3 Å². The van der Waals surface area contributed by atoms with Crippen molar-refractivity contribution in [3.05, 3.63) is 71.0 Å². The molecule has 2 aromatic rings. The average molecular weight is 370 g/mol.